The molecule has 0 N–H and O–H groups in total. The summed E-state index contributed by atoms with van der Waals surface area (Å²) in [6.45, 7) is 3.17. The standard InChI is InChI=1S/C20H20ClNO2/c1-14(23)16-2-4-17(5-3-16)19(12-15-8-10-24-11-9-15)20-7-6-18(21)13-22-20/h2-7,12-13,15H,8-11H2,1H3/b19-12+. The number of carbonyl (C=O) groups excluding carboxylic acids is 1. The second-order valence-electron chi connectivity index (χ2n) is 6.03. The highest BCUT2D eigenvalue weighted by Gasteiger charge is 2.15. The van der Waals surface area contributed by atoms with Crippen molar-refractivity contribution in [2.24, 2.45) is 5.92 Å². The van der Waals surface area contributed by atoms with E-state index in [1.165, 1.54) is 0 Å². The smallest absolute Gasteiger partial charge is 0.159 e. The fraction of sp³-hybridized carbons (Fsp3) is 0.300. The highest BCUT2D eigenvalue weighted by molar-refractivity contribution is 6.30. The number of benzene rings is 1. The molecule has 124 valence electrons. The van der Waals surface area contributed by atoms with Crippen LogP contribution in [0.5, 0.6) is 0 Å². The number of hydrogen-bond donors (Lipinski definition) is 0. The van der Waals surface area contributed by atoms with Crippen molar-refractivity contribution >= 4 is 23.0 Å². The lowest BCUT2D eigenvalue weighted by molar-refractivity contribution is 0.0786. The van der Waals surface area contributed by atoms with Crippen LogP contribution in [0.3, 0.4) is 0 Å². The van der Waals surface area contributed by atoms with E-state index in [1.807, 2.05) is 36.4 Å². The molecule has 0 saturated carbocycles. The molecular weight excluding hydrogens is 322 g/mol. The van der Waals surface area contributed by atoms with Gasteiger partial charge in [-0.1, -0.05) is 41.9 Å². The van der Waals surface area contributed by atoms with Crippen LogP contribution in [0.1, 0.15) is 41.4 Å². The Morgan fingerprint density at radius 1 is 1.12 bits per heavy atom. The van der Waals surface area contributed by atoms with Crippen molar-refractivity contribution < 1.29 is 9.53 Å². The molecule has 24 heavy (non-hydrogen) atoms. The zero-order chi connectivity index (χ0) is 16.9. The number of carbonyl (C=O) groups is 1. The average Bonchev–Trinajstić information content (AvgIpc) is 2.62. The molecule has 0 aliphatic carbocycles. The third-order valence-corrected chi connectivity index (χ3v) is 4.50. The number of ether oxygens (including phenoxy) is 1. The summed E-state index contributed by atoms with van der Waals surface area (Å²) in [5.74, 6) is 0.542. The number of nitrogens with zero attached hydrogens (tertiary/aromatic N) is 1. The van der Waals surface area contributed by atoms with Crippen molar-refractivity contribution in [3.8, 4) is 0 Å². The van der Waals surface area contributed by atoms with Crippen molar-refractivity contribution in [1.29, 1.82) is 0 Å². The summed E-state index contributed by atoms with van der Waals surface area (Å²) in [6, 6.07) is 11.5. The maximum Gasteiger partial charge on any atom is 0.159 e. The summed E-state index contributed by atoms with van der Waals surface area (Å²) in [5, 5.41) is 0.621. The Hall–Kier alpha value is -1.97. The van der Waals surface area contributed by atoms with Crippen molar-refractivity contribution in [1.82, 2.24) is 4.98 Å². The fourth-order valence-corrected chi connectivity index (χ4v) is 2.98. The Balaban J connectivity index is 1.98. The van der Waals surface area contributed by atoms with Gasteiger partial charge in [-0.3, -0.25) is 9.78 Å². The largest absolute Gasteiger partial charge is 0.381 e. The molecule has 1 aromatic carbocycles. The molecule has 0 radical (unpaired) electrons. The number of allylic oxidation sites excluding steroid dienone is 1. The van der Waals surface area contributed by atoms with Crippen molar-refractivity contribution in [3.05, 3.63) is 70.5 Å². The minimum absolute atomic E-state index is 0.0705. The Morgan fingerprint density at radius 3 is 2.38 bits per heavy atom. The van der Waals surface area contributed by atoms with Gasteiger partial charge >= 0.3 is 0 Å². The van der Waals surface area contributed by atoms with Crippen LogP contribution in [0.15, 0.2) is 48.7 Å². The summed E-state index contributed by atoms with van der Waals surface area (Å²) in [6.07, 6.45) is 5.98. The van der Waals surface area contributed by atoms with E-state index in [2.05, 4.69) is 11.1 Å². The Bertz CT molecular complexity index is 729. The molecule has 0 spiro atoms. The maximum atomic E-state index is 11.5. The van der Waals surface area contributed by atoms with Gasteiger partial charge in [0.15, 0.2) is 5.78 Å². The summed E-state index contributed by atoms with van der Waals surface area (Å²) < 4.78 is 5.45. The normalized spacial score (nSPS) is 16.2. The lowest BCUT2D eigenvalue weighted by atomic mass is 9.92. The average molecular weight is 342 g/mol. The van der Waals surface area contributed by atoms with Gasteiger partial charge in [0.2, 0.25) is 0 Å². The molecule has 1 aromatic heterocycles. The number of ketones is 1. The van der Waals surface area contributed by atoms with Gasteiger partial charge in [0.05, 0.1) is 10.7 Å². The first-order valence-corrected chi connectivity index (χ1v) is 8.54. The van der Waals surface area contributed by atoms with Crippen LogP contribution in [-0.4, -0.2) is 24.0 Å². The quantitative estimate of drug-likeness (QED) is 0.750. The first-order chi connectivity index (χ1) is 11.6. The first-order valence-electron chi connectivity index (χ1n) is 8.16. The zero-order valence-electron chi connectivity index (χ0n) is 13.7. The van der Waals surface area contributed by atoms with Gasteiger partial charge in [-0.05, 0) is 43.4 Å². The number of rotatable bonds is 4. The van der Waals surface area contributed by atoms with Gasteiger partial charge in [-0.2, -0.15) is 0 Å². The molecule has 1 fully saturated rings. The fourth-order valence-electron chi connectivity index (χ4n) is 2.87. The third-order valence-electron chi connectivity index (χ3n) is 4.27. The van der Waals surface area contributed by atoms with Crippen LogP contribution in [0.4, 0.5) is 0 Å². The van der Waals surface area contributed by atoms with E-state index in [0.29, 0.717) is 16.5 Å². The van der Waals surface area contributed by atoms with Gasteiger partial charge in [-0.15, -0.1) is 0 Å². The summed E-state index contributed by atoms with van der Waals surface area (Å²) in [5.41, 5.74) is 3.74. The van der Waals surface area contributed by atoms with Crippen LogP contribution in [0.25, 0.3) is 5.57 Å². The minimum atomic E-state index is 0.0705. The Labute approximate surface area is 147 Å². The predicted molar refractivity (Wildman–Crippen MR) is 96.3 cm³/mol. The number of Topliss-reactive ketones (excluding diaryl/α,β-unsaturated/α-hetero) is 1. The zero-order valence-corrected chi connectivity index (χ0v) is 14.4. The molecule has 2 heterocycles. The molecule has 3 nitrogen and oxygen atoms in total. The van der Waals surface area contributed by atoms with Crippen LogP contribution >= 0.6 is 11.6 Å². The molecule has 1 aliphatic heterocycles. The maximum absolute atomic E-state index is 11.5. The van der Waals surface area contributed by atoms with E-state index in [0.717, 1.165) is 42.9 Å². The van der Waals surface area contributed by atoms with E-state index in [1.54, 1.807) is 13.1 Å². The Kier molecular flexibility index (Phi) is 5.44. The Morgan fingerprint density at radius 2 is 1.79 bits per heavy atom. The molecular formula is C20H20ClNO2. The number of pyridine rings is 1. The minimum Gasteiger partial charge on any atom is -0.381 e. The van der Waals surface area contributed by atoms with E-state index in [4.69, 9.17) is 16.3 Å². The van der Waals surface area contributed by atoms with Crippen LogP contribution < -0.4 is 0 Å². The molecule has 0 bridgehead atoms. The van der Waals surface area contributed by atoms with Gasteiger partial charge in [0.1, 0.15) is 0 Å². The predicted octanol–water partition coefficient (Wildman–Crippen LogP) is 4.80. The summed E-state index contributed by atoms with van der Waals surface area (Å²) in [7, 11) is 0. The molecule has 0 unspecified atom stereocenters. The molecule has 0 amide bonds. The molecule has 4 heteroatoms. The van der Waals surface area contributed by atoms with E-state index >= 15 is 0 Å². The second kappa shape index (κ2) is 7.73. The van der Waals surface area contributed by atoms with Crippen LogP contribution in [0, 0.1) is 5.92 Å². The van der Waals surface area contributed by atoms with E-state index in [-0.39, 0.29) is 5.78 Å². The second-order valence-corrected chi connectivity index (χ2v) is 6.46. The van der Waals surface area contributed by atoms with Crippen LogP contribution in [0.2, 0.25) is 5.02 Å². The van der Waals surface area contributed by atoms with Gasteiger partial charge in [0.25, 0.3) is 0 Å². The molecule has 3 rings (SSSR count). The molecule has 1 aliphatic rings. The van der Waals surface area contributed by atoms with E-state index in [9.17, 15) is 4.79 Å². The highest BCUT2D eigenvalue weighted by atomic mass is 35.5. The summed E-state index contributed by atoms with van der Waals surface area (Å²) in [4.78, 5) is 16.0. The third kappa shape index (κ3) is 4.11. The summed E-state index contributed by atoms with van der Waals surface area (Å²) >= 11 is 5.97. The van der Waals surface area contributed by atoms with Crippen molar-refractivity contribution in [2.45, 2.75) is 19.8 Å². The highest BCUT2D eigenvalue weighted by Crippen LogP contribution is 2.28. The lowest BCUT2D eigenvalue weighted by Gasteiger charge is -2.20. The molecule has 1 saturated heterocycles. The van der Waals surface area contributed by atoms with Crippen molar-refractivity contribution in [2.75, 3.05) is 13.2 Å². The first kappa shape index (κ1) is 16.9. The van der Waals surface area contributed by atoms with Gasteiger partial charge in [-0.25, -0.2) is 0 Å². The topological polar surface area (TPSA) is 39.2 Å². The number of halogens is 1. The monoisotopic (exact) mass is 341 g/mol. The van der Waals surface area contributed by atoms with Crippen LogP contribution in [-0.2, 0) is 4.74 Å². The van der Waals surface area contributed by atoms with E-state index < -0.39 is 0 Å². The lowest BCUT2D eigenvalue weighted by Crippen LogP contribution is -2.14. The van der Waals surface area contributed by atoms with Gasteiger partial charge in [0, 0.05) is 30.5 Å². The number of hydrogen-bond acceptors (Lipinski definition) is 3. The van der Waals surface area contributed by atoms with Gasteiger partial charge < -0.3 is 4.74 Å². The number of aromatic nitrogens is 1. The SMILES string of the molecule is CC(=O)c1ccc(/C(=C\C2CCOCC2)c2ccc(Cl)cn2)cc1. The molecule has 0 atom stereocenters. The molecule has 2 aromatic rings. The van der Waals surface area contributed by atoms with Crippen molar-refractivity contribution in [3.63, 3.8) is 0 Å².